The van der Waals surface area contributed by atoms with Gasteiger partial charge in [0.05, 0.1) is 5.69 Å². The molecule has 0 saturated heterocycles. The number of benzene rings is 1. The van der Waals surface area contributed by atoms with E-state index in [9.17, 15) is 0 Å². The van der Waals surface area contributed by atoms with Crippen LogP contribution in [-0.2, 0) is 6.42 Å². The first-order valence-electron chi connectivity index (χ1n) is 5.97. The van der Waals surface area contributed by atoms with Gasteiger partial charge in [-0.1, -0.05) is 29.4 Å². The standard InChI is InChI=1S/C15H12N2O2/c1-2-4-14(5-3-1)19-15-7-6-12(11-16-15)10-13-8-9-18-17-13/h1-9,11H,10H2. The average molecular weight is 252 g/mol. The second-order valence-electron chi connectivity index (χ2n) is 4.09. The molecule has 19 heavy (non-hydrogen) atoms. The van der Waals surface area contributed by atoms with E-state index < -0.39 is 0 Å². The fourth-order valence-electron chi connectivity index (χ4n) is 1.72. The first-order valence-corrected chi connectivity index (χ1v) is 5.97. The lowest BCUT2D eigenvalue weighted by Gasteiger charge is -2.04. The van der Waals surface area contributed by atoms with Crippen molar-refractivity contribution in [2.75, 3.05) is 0 Å². The summed E-state index contributed by atoms with van der Waals surface area (Å²) < 4.78 is 10.4. The minimum atomic E-state index is 0.579. The van der Waals surface area contributed by atoms with Gasteiger partial charge in [-0.15, -0.1) is 0 Å². The number of hydrogen-bond donors (Lipinski definition) is 0. The maximum atomic E-state index is 5.62. The van der Waals surface area contributed by atoms with Gasteiger partial charge in [-0.05, 0) is 17.7 Å². The van der Waals surface area contributed by atoms with Crippen molar-refractivity contribution in [2.24, 2.45) is 0 Å². The number of rotatable bonds is 4. The van der Waals surface area contributed by atoms with E-state index in [0.29, 0.717) is 12.3 Å². The fourth-order valence-corrected chi connectivity index (χ4v) is 1.72. The highest BCUT2D eigenvalue weighted by atomic mass is 16.5. The van der Waals surface area contributed by atoms with Crippen LogP contribution in [-0.4, -0.2) is 10.1 Å². The van der Waals surface area contributed by atoms with Crippen LogP contribution < -0.4 is 4.74 Å². The Bertz CT molecular complexity index is 619. The third-order valence-corrected chi connectivity index (χ3v) is 2.64. The van der Waals surface area contributed by atoms with Crippen LogP contribution in [0.4, 0.5) is 0 Å². The zero-order valence-electron chi connectivity index (χ0n) is 10.2. The van der Waals surface area contributed by atoms with E-state index in [1.165, 1.54) is 0 Å². The van der Waals surface area contributed by atoms with Gasteiger partial charge in [0, 0.05) is 24.8 Å². The summed E-state index contributed by atoms with van der Waals surface area (Å²) in [5.74, 6) is 1.36. The quantitative estimate of drug-likeness (QED) is 0.713. The zero-order valence-corrected chi connectivity index (χ0v) is 10.2. The molecule has 0 N–H and O–H groups in total. The third kappa shape index (κ3) is 2.98. The lowest BCUT2D eigenvalue weighted by atomic mass is 10.2. The maximum Gasteiger partial charge on any atom is 0.219 e. The molecule has 0 saturated carbocycles. The Labute approximate surface area is 110 Å². The number of hydrogen-bond acceptors (Lipinski definition) is 4. The van der Waals surface area contributed by atoms with Gasteiger partial charge in [-0.2, -0.15) is 0 Å². The predicted octanol–water partition coefficient (Wildman–Crippen LogP) is 3.45. The molecule has 0 aliphatic heterocycles. The molecule has 0 fully saturated rings. The van der Waals surface area contributed by atoms with Crippen molar-refractivity contribution in [3.63, 3.8) is 0 Å². The van der Waals surface area contributed by atoms with E-state index in [2.05, 4.69) is 10.1 Å². The molecule has 94 valence electrons. The second-order valence-corrected chi connectivity index (χ2v) is 4.09. The summed E-state index contributed by atoms with van der Waals surface area (Å²) in [7, 11) is 0. The van der Waals surface area contributed by atoms with Gasteiger partial charge in [0.2, 0.25) is 5.88 Å². The van der Waals surface area contributed by atoms with Crippen molar-refractivity contribution in [2.45, 2.75) is 6.42 Å². The van der Waals surface area contributed by atoms with E-state index >= 15 is 0 Å². The Kier molecular flexibility index (Phi) is 3.23. The highest BCUT2D eigenvalue weighted by molar-refractivity contribution is 5.28. The lowest BCUT2D eigenvalue weighted by molar-refractivity contribution is 0.413. The Morgan fingerprint density at radius 3 is 2.58 bits per heavy atom. The predicted molar refractivity (Wildman–Crippen MR) is 70.1 cm³/mol. The van der Waals surface area contributed by atoms with Gasteiger partial charge in [-0.3, -0.25) is 0 Å². The summed E-state index contributed by atoms with van der Waals surface area (Å²) in [6, 6.07) is 15.2. The van der Waals surface area contributed by atoms with Gasteiger partial charge in [-0.25, -0.2) is 4.98 Å². The van der Waals surface area contributed by atoms with E-state index in [0.717, 1.165) is 17.0 Å². The van der Waals surface area contributed by atoms with E-state index in [-0.39, 0.29) is 0 Å². The van der Waals surface area contributed by atoms with Crippen LogP contribution in [0.3, 0.4) is 0 Å². The first-order chi connectivity index (χ1) is 9.40. The molecule has 0 aliphatic carbocycles. The molecule has 3 rings (SSSR count). The molecule has 3 aromatic rings. The Morgan fingerprint density at radius 1 is 1.00 bits per heavy atom. The minimum Gasteiger partial charge on any atom is -0.439 e. The van der Waals surface area contributed by atoms with Crippen molar-refractivity contribution in [1.29, 1.82) is 0 Å². The monoisotopic (exact) mass is 252 g/mol. The Morgan fingerprint density at radius 2 is 1.89 bits per heavy atom. The van der Waals surface area contributed by atoms with Gasteiger partial charge < -0.3 is 9.26 Å². The third-order valence-electron chi connectivity index (χ3n) is 2.64. The Balaban J connectivity index is 1.69. The van der Waals surface area contributed by atoms with Crippen LogP contribution in [0.2, 0.25) is 0 Å². The highest BCUT2D eigenvalue weighted by Gasteiger charge is 2.02. The summed E-state index contributed by atoms with van der Waals surface area (Å²) in [5, 5.41) is 3.87. The summed E-state index contributed by atoms with van der Waals surface area (Å²) >= 11 is 0. The van der Waals surface area contributed by atoms with Crippen molar-refractivity contribution >= 4 is 0 Å². The van der Waals surface area contributed by atoms with Crippen LogP contribution in [0.1, 0.15) is 11.3 Å². The number of nitrogens with zero attached hydrogens (tertiary/aromatic N) is 2. The number of ether oxygens (including phenoxy) is 1. The molecule has 0 aliphatic rings. The SMILES string of the molecule is c1ccc(Oc2ccc(Cc3ccon3)cn2)cc1. The number of para-hydroxylation sites is 1. The van der Waals surface area contributed by atoms with Crippen molar-refractivity contribution < 1.29 is 9.26 Å². The molecule has 2 heterocycles. The van der Waals surface area contributed by atoms with E-state index in [1.54, 1.807) is 12.5 Å². The van der Waals surface area contributed by atoms with Crippen LogP contribution in [0.15, 0.2) is 65.5 Å². The number of pyridine rings is 1. The van der Waals surface area contributed by atoms with E-state index in [1.807, 2.05) is 48.5 Å². The molecule has 0 amide bonds. The molecule has 0 spiro atoms. The van der Waals surface area contributed by atoms with Gasteiger partial charge >= 0.3 is 0 Å². The molecule has 0 unspecified atom stereocenters. The largest absolute Gasteiger partial charge is 0.439 e. The molecular weight excluding hydrogens is 240 g/mol. The minimum absolute atomic E-state index is 0.579. The Hall–Kier alpha value is -2.62. The normalized spacial score (nSPS) is 10.3. The molecular formula is C15H12N2O2. The van der Waals surface area contributed by atoms with Crippen LogP contribution in [0.25, 0.3) is 0 Å². The highest BCUT2D eigenvalue weighted by Crippen LogP contribution is 2.19. The second kappa shape index (κ2) is 5.35. The van der Waals surface area contributed by atoms with Crippen LogP contribution in [0.5, 0.6) is 11.6 Å². The molecule has 2 aromatic heterocycles. The van der Waals surface area contributed by atoms with Crippen LogP contribution >= 0.6 is 0 Å². The summed E-state index contributed by atoms with van der Waals surface area (Å²) in [5.41, 5.74) is 1.95. The molecule has 4 nitrogen and oxygen atoms in total. The molecule has 0 radical (unpaired) electrons. The first kappa shape index (κ1) is 11.5. The van der Waals surface area contributed by atoms with E-state index in [4.69, 9.17) is 9.26 Å². The fraction of sp³-hybridized carbons (Fsp3) is 0.0667. The molecule has 1 aromatic carbocycles. The maximum absolute atomic E-state index is 5.62. The summed E-state index contributed by atoms with van der Waals surface area (Å²) in [4.78, 5) is 4.27. The van der Waals surface area contributed by atoms with Gasteiger partial charge in [0.25, 0.3) is 0 Å². The average Bonchev–Trinajstić information content (AvgIpc) is 2.95. The zero-order chi connectivity index (χ0) is 12.9. The summed E-state index contributed by atoms with van der Waals surface area (Å²) in [6.07, 6.45) is 4.05. The van der Waals surface area contributed by atoms with Crippen molar-refractivity contribution in [3.8, 4) is 11.6 Å². The van der Waals surface area contributed by atoms with Gasteiger partial charge in [0.1, 0.15) is 12.0 Å². The summed E-state index contributed by atoms with van der Waals surface area (Å²) in [6.45, 7) is 0. The molecule has 4 heteroatoms. The molecule has 0 atom stereocenters. The lowest BCUT2D eigenvalue weighted by Crippen LogP contribution is -1.92. The molecule has 0 bridgehead atoms. The van der Waals surface area contributed by atoms with Crippen molar-refractivity contribution in [1.82, 2.24) is 10.1 Å². The smallest absolute Gasteiger partial charge is 0.219 e. The van der Waals surface area contributed by atoms with Crippen LogP contribution in [0, 0.1) is 0 Å². The van der Waals surface area contributed by atoms with Gasteiger partial charge in [0.15, 0.2) is 0 Å². The van der Waals surface area contributed by atoms with Crippen molar-refractivity contribution in [3.05, 3.63) is 72.2 Å². The number of aromatic nitrogens is 2. The topological polar surface area (TPSA) is 48.2 Å².